The number of ether oxygens (including phenoxy) is 1. The molecule has 0 fully saturated rings. The van der Waals surface area contributed by atoms with Crippen LogP contribution in [0.2, 0.25) is 0 Å². The van der Waals surface area contributed by atoms with Crippen molar-refractivity contribution in [2.75, 3.05) is 0 Å². The van der Waals surface area contributed by atoms with Crippen LogP contribution in [0.4, 0.5) is 0 Å². The van der Waals surface area contributed by atoms with Crippen LogP contribution in [0.25, 0.3) is 76.9 Å². The van der Waals surface area contributed by atoms with E-state index in [1.807, 2.05) is 0 Å². The third kappa shape index (κ3) is 3.08. The van der Waals surface area contributed by atoms with Crippen molar-refractivity contribution in [3.8, 4) is 34.0 Å². The normalized spacial score (nSPS) is 12.4. The summed E-state index contributed by atoms with van der Waals surface area (Å²) in [6.07, 6.45) is 0. The zero-order valence-electron chi connectivity index (χ0n) is 23.2. The van der Waals surface area contributed by atoms with Gasteiger partial charge in [0.2, 0.25) is 0 Å². The second kappa shape index (κ2) is 8.37. The first-order valence-corrected chi connectivity index (χ1v) is 14.7. The van der Waals surface area contributed by atoms with Gasteiger partial charge in [-0.2, -0.15) is 0 Å². The largest absolute Gasteiger partial charge is 0.452 e. The molecule has 0 radical (unpaired) electrons. The molecule has 0 atom stereocenters. The van der Waals surface area contributed by atoms with Crippen molar-refractivity contribution in [1.82, 2.24) is 9.13 Å². The fourth-order valence-corrected chi connectivity index (χ4v) is 7.19. The van der Waals surface area contributed by atoms with E-state index in [1.165, 1.54) is 48.9 Å². The Hall–Kier alpha value is -5.80. The van der Waals surface area contributed by atoms with Crippen molar-refractivity contribution in [3.05, 3.63) is 146 Å². The maximum atomic E-state index is 6.70. The van der Waals surface area contributed by atoms with E-state index in [0.717, 1.165) is 39.5 Å². The lowest BCUT2D eigenvalue weighted by Crippen LogP contribution is -2.05. The van der Waals surface area contributed by atoms with Crippen LogP contribution in [-0.2, 0) is 0 Å². The summed E-state index contributed by atoms with van der Waals surface area (Å²) >= 11 is 0. The first-order valence-electron chi connectivity index (χ1n) is 14.7. The standard InChI is InChI=1S/C40H24N2O/c1-2-10-27-24-37-33(23-26(27)9-1)31-12-4-5-15-34(31)41(37)28-21-19-25(20-22-28)29-13-7-17-36-40(29)43-38-18-8-14-32-30-11-3-6-16-35(30)42(36)39(32)38/h1-24H. The molecule has 3 heterocycles. The van der Waals surface area contributed by atoms with E-state index < -0.39 is 0 Å². The molecule has 0 bridgehead atoms. The summed E-state index contributed by atoms with van der Waals surface area (Å²) in [5.41, 5.74) is 9.16. The molecule has 7 aromatic carbocycles. The molecule has 0 amide bonds. The summed E-state index contributed by atoms with van der Waals surface area (Å²) in [6.45, 7) is 0. The zero-order chi connectivity index (χ0) is 28.1. The first-order chi connectivity index (χ1) is 21.3. The Balaban J connectivity index is 1.16. The summed E-state index contributed by atoms with van der Waals surface area (Å²) in [5.74, 6) is 1.78. The highest BCUT2D eigenvalue weighted by Gasteiger charge is 2.25. The average Bonchev–Trinajstić information content (AvgIpc) is 3.58. The smallest absolute Gasteiger partial charge is 0.159 e. The fourth-order valence-electron chi connectivity index (χ4n) is 7.19. The summed E-state index contributed by atoms with van der Waals surface area (Å²) in [7, 11) is 0. The van der Waals surface area contributed by atoms with Crippen LogP contribution in [0.1, 0.15) is 0 Å². The molecular formula is C40H24N2O. The minimum Gasteiger partial charge on any atom is -0.452 e. The topological polar surface area (TPSA) is 19.1 Å². The van der Waals surface area contributed by atoms with Crippen molar-refractivity contribution < 1.29 is 4.74 Å². The van der Waals surface area contributed by atoms with E-state index >= 15 is 0 Å². The molecule has 0 N–H and O–H groups in total. The fraction of sp³-hybridized carbons (Fsp3) is 0. The summed E-state index contributed by atoms with van der Waals surface area (Å²) in [5, 5.41) is 7.50. The Morgan fingerprint density at radius 3 is 1.91 bits per heavy atom. The number of rotatable bonds is 2. The number of nitrogens with zero attached hydrogens (tertiary/aromatic N) is 2. The Morgan fingerprint density at radius 2 is 1.09 bits per heavy atom. The molecule has 1 aliphatic rings. The minimum atomic E-state index is 0.889. The molecule has 9 aromatic rings. The molecule has 3 nitrogen and oxygen atoms in total. The molecule has 0 spiro atoms. The van der Waals surface area contributed by atoms with Gasteiger partial charge in [-0.3, -0.25) is 0 Å². The monoisotopic (exact) mass is 548 g/mol. The van der Waals surface area contributed by atoms with Gasteiger partial charge in [0.1, 0.15) is 0 Å². The summed E-state index contributed by atoms with van der Waals surface area (Å²) in [4.78, 5) is 0. The lowest BCUT2D eigenvalue weighted by atomic mass is 10.0. The van der Waals surface area contributed by atoms with Crippen LogP contribution in [0.3, 0.4) is 0 Å². The number of para-hydroxylation sites is 4. The van der Waals surface area contributed by atoms with Crippen LogP contribution in [0.15, 0.2) is 146 Å². The highest BCUT2D eigenvalue weighted by molar-refractivity contribution is 6.14. The van der Waals surface area contributed by atoms with E-state index in [1.54, 1.807) is 0 Å². The Morgan fingerprint density at radius 1 is 0.442 bits per heavy atom. The predicted molar refractivity (Wildman–Crippen MR) is 178 cm³/mol. The Kier molecular flexibility index (Phi) is 4.45. The van der Waals surface area contributed by atoms with Crippen LogP contribution in [0, 0.1) is 0 Å². The Labute approximate surface area is 247 Å². The van der Waals surface area contributed by atoms with Gasteiger partial charge in [0.25, 0.3) is 0 Å². The van der Waals surface area contributed by atoms with Crippen molar-refractivity contribution in [2.45, 2.75) is 0 Å². The minimum absolute atomic E-state index is 0.889. The molecule has 10 rings (SSSR count). The molecule has 2 aromatic heterocycles. The van der Waals surface area contributed by atoms with Crippen LogP contribution in [-0.4, -0.2) is 9.13 Å². The molecule has 3 heteroatoms. The SMILES string of the molecule is c1cc(-c2ccc(-n3c4ccccc4c4cc5ccccc5cc43)cc2)c2c(c1)-n1c3ccccc3c3cccc(c31)O2. The van der Waals surface area contributed by atoms with E-state index in [2.05, 4.69) is 155 Å². The van der Waals surface area contributed by atoms with E-state index in [-0.39, 0.29) is 0 Å². The lowest BCUT2D eigenvalue weighted by Gasteiger charge is -2.23. The van der Waals surface area contributed by atoms with Gasteiger partial charge in [0, 0.05) is 32.8 Å². The van der Waals surface area contributed by atoms with E-state index in [0.29, 0.717) is 0 Å². The highest BCUT2D eigenvalue weighted by atomic mass is 16.5. The number of hydrogen-bond donors (Lipinski definition) is 0. The molecule has 43 heavy (non-hydrogen) atoms. The van der Waals surface area contributed by atoms with Crippen LogP contribution in [0.5, 0.6) is 11.5 Å². The summed E-state index contributed by atoms with van der Waals surface area (Å²) < 4.78 is 11.4. The third-order valence-corrected chi connectivity index (χ3v) is 9.08. The van der Waals surface area contributed by atoms with Gasteiger partial charge in [-0.1, -0.05) is 97.1 Å². The van der Waals surface area contributed by atoms with Crippen molar-refractivity contribution >= 4 is 54.4 Å². The third-order valence-electron chi connectivity index (χ3n) is 9.08. The van der Waals surface area contributed by atoms with Gasteiger partial charge in [0.05, 0.1) is 27.8 Å². The lowest BCUT2D eigenvalue weighted by molar-refractivity contribution is 0.478. The zero-order valence-corrected chi connectivity index (χ0v) is 23.2. The quantitative estimate of drug-likeness (QED) is 0.210. The van der Waals surface area contributed by atoms with Gasteiger partial charge < -0.3 is 13.9 Å². The predicted octanol–water partition coefficient (Wildman–Crippen LogP) is 10.8. The van der Waals surface area contributed by atoms with Crippen molar-refractivity contribution in [1.29, 1.82) is 0 Å². The van der Waals surface area contributed by atoms with Gasteiger partial charge in [-0.15, -0.1) is 0 Å². The average molecular weight is 549 g/mol. The molecule has 0 saturated carbocycles. The number of fused-ring (bicyclic) bond motifs is 9. The molecule has 0 unspecified atom stereocenters. The summed E-state index contributed by atoms with van der Waals surface area (Å²) in [6, 6.07) is 52.3. The highest BCUT2D eigenvalue weighted by Crippen LogP contribution is 2.48. The van der Waals surface area contributed by atoms with Gasteiger partial charge in [-0.05, 0) is 64.9 Å². The van der Waals surface area contributed by atoms with Gasteiger partial charge in [-0.25, -0.2) is 0 Å². The van der Waals surface area contributed by atoms with Gasteiger partial charge >= 0.3 is 0 Å². The maximum Gasteiger partial charge on any atom is 0.159 e. The molecule has 0 saturated heterocycles. The molecule has 200 valence electrons. The second-order valence-corrected chi connectivity index (χ2v) is 11.4. The molecular weight excluding hydrogens is 524 g/mol. The first kappa shape index (κ1) is 22.8. The number of benzene rings is 7. The Bertz CT molecular complexity index is 2580. The second-order valence-electron chi connectivity index (χ2n) is 11.4. The van der Waals surface area contributed by atoms with E-state index in [9.17, 15) is 0 Å². The van der Waals surface area contributed by atoms with Gasteiger partial charge in [0.15, 0.2) is 11.5 Å². The molecule has 0 aliphatic carbocycles. The molecule has 1 aliphatic heterocycles. The van der Waals surface area contributed by atoms with Crippen molar-refractivity contribution in [2.24, 2.45) is 0 Å². The maximum absolute atomic E-state index is 6.70. The van der Waals surface area contributed by atoms with Crippen molar-refractivity contribution in [3.63, 3.8) is 0 Å². The number of hydrogen-bond acceptors (Lipinski definition) is 1. The van der Waals surface area contributed by atoms with Crippen LogP contribution >= 0.6 is 0 Å². The van der Waals surface area contributed by atoms with Crippen LogP contribution < -0.4 is 4.74 Å². The number of aromatic nitrogens is 2. The van der Waals surface area contributed by atoms with E-state index in [4.69, 9.17) is 4.74 Å².